The van der Waals surface area contributed by atoms with Gasteiger partial charge >= 0.3 is 0 Å². The minimum atomic E-state index is -0.179. The Balaban J connectivity index is 1.72. The monoisotopic (exact) mass is 430 g/mol. The van der Waals surface area contributed by atoms with Gasteiger partial charge in [-0.2, -0.15) is 0 Å². The molecule has 0 radical (unpaired) electrons. The highest BCUT2D eigenvalue weighted by molar-refractivity contribution is 5.96. The zero-order valence-corrected chi connectivity index (χ0v) is 18.6. The molecule has 166 valence electrons. The summed E-state index contributed by atoms with van der Waals surface area (Å²) in [7, 11) is 0. The van der Waals surface area contributed by atoms with Crippen LogP contribution in [0.15, 0.2) is 90.1 Å². The molecule has 0 aliphatic rings. The number of hydrogen-bond donors (Lipinski definition) is 0. The Kier molecular flexibility index (Phi) is 8.44. The SMILES string of the molecule is C=CCN(CC(=O)N(CCc1ccccc1)Cc1ccco1)C(=O)c1ccc(CC)cc1. The maximum Gasteiger partial charge on any atom is 0.254 e. The predicted octanol–water partition coefficient (Wildman–Crippen LogP) is 4.74. The molecule has 32 heavy (non-hydrogen) atoms. The molecule has 0 fully saturated rings. The fourth-order valence-corrected chi connectivity index (χ4v) is 3.50. The van der Waals surface area contributed by atoms with Crippen LogP contribution >= 0.6 is 0 Å². The van der Waals surface area contributed by atoms with Crippen molar-refractivity contribution in [3.05, 3.63) is 108 Å². The summed E-state index contributed by atoms with van der Waals surface area (Å²) in [5, 5.41) is 0. The van der Waals surface area contributed by atoms with Crippen LogP contribution in [0.25, 0.3) is 0 Å². The highest BCUT2D eigenvalue weighted by Gasteiger charge is 2.22. The maximum absolute atomic E-state index is 13.3. The Morgan fingerprint density at radius 3 is 2.31 bits per heavy atom. The largest absolute Gasteiger partial charge is 0.467 e. The molecule has 0 spiro atoms. The third kappa shape index (κ3) is 6.45. The molecule has 0 aliphatic heterocycles. The third-order valence-electron chi connectivity index (χ3n) is 5.36. The second-order valence-corrected chi connectivity index (χ2v) is 7.66. The van der Waals surface area contributed by atoms with Crippen LogP contribution in [0.3, 0.4) is 0 Å². The predicted molar refractivity (Wildman–Crippen MR) is 126 cm³/mol. The molecule has 0 bridgehead atoms. The van der Waals surface area contributed by atoms with Gasteiger partial charge in [0.1, 0.15) is 12.3 Å². The first kappa shape index (κ1) is 23.1. The molecule has 3 rings (SSSR count). The Bertz CT molecular complexity index is 995. The summed E-state index contributed by atoms with van der Waals surface area (Å²) >= 11 is 0. The Hall–Kier alpha value is -3.60. The van der Waals surface area contributed by atoms with Gasteiger partial charge in [-0.25, -0.2) is 0 Å². The fourth-order valence-electron chi connectivity index (χ4n) is 3.50. The van der Waals surface area contributed by atoms with Crippen molar-refractivity contribution in [1.82, 2.24) is 9.80 Å². The number of amides is 2. The van der Waals surface area contributed by atoms with Gasteiger partial charge in [0, 0.05) is 18.7 Å². The number of rotatable bonds is 11. The summed E-state index contributed by atoms with van der Waals surface area (Å²) in [5.41, 5.74) is 2.89. The minimum Gasteiger partial charge on any atom is -0.467 e. The van der Waals surface area contributed by atoms with Gasteiger partial charge in [-0.15, -0.1) is 6.58 Å². The van der Waals surface area contributed by atoms with E-state index < -0.39 is 0 Å². The molecule has 3 aromatic rings. The summed E-state index contributed by atoms with van der Waals surface area (Å²) in [6.45, 7) is 7.01. The molecule has 1 heterocycles. The molecule has 1 aromatic heterocycles. The maximum atomic E-state index is 13.3. The van der Waals surface area contributed by atoms with Gasteiger partial charge in [-0.3, -0.25) is 9.59 Å². The molecule has 5 heteroatoms. The number of aryl methyl sites for hydroxylation is 1. The van der Waals surface area contributed by atoms with Crippen LogP contribution in [0.1, 0.15) is 34.2 Å². The van der Waals surface area contributed by atoms with Crippen molar-refractivity contribution in [1.29, 1.82) is 0 Å². The highest BCUT2D eigenvalue weighted by atomic mass is 16.3. The molecular weight excluding hydrogens is 400 g/mol. The summed E-state index contributed by atoms with van der Waals surface area (Å²) < 4.78 is 5.47. The molecule has 0 saturated heterocycles. The van der Waals surface area contributed by atoms with Gasteiger partial charge in [-0.05, 0) is 48.2 Å². The quantitative estimate of drug-likeness (QED) is 0.413. The Morgan fingerprint density at radius 2 is 1.69 bits per heavy atom. The molecule has 0 saturated carbocycles. The minimum absolute atomic E-state index is 0.0180. The zero-order chi connectivity index (χ0) is 22.8. The number of benzene rings is 2. The second-order valence-electron chi connectivity index (χ2n) is 7.66. The molecule has 0 aliphatic carbocycles. The van der Waals surface area contributed by atoms with E-state index in [4.69, 9.17) is 4.42 Å². The first-order valence-electron chi connectivity index (χ1n) is 10.9. The van der Waals surface area contributed by atoms with E-state index in [1.165, 1.54) is 10.5 Å². The van der Waals surface area contributed by atoms with Gasteiger partial charge in [0.25, 0.3) is 5.91 Å². The van der Waals surface area contributed by atoms with Crippen molar-refractivity contribution in [2.24, 2.45) is 0 Å². The van der Waals surface area contributed by atoms with Crippen molar-refractivity contribution < 1.29 is 14.0 Å². The average Bonchev–Trinajstić information content (AvgIpc) is 3.35. The van der Waals surface area contributed by atoms with Crippen LogP contribution in [0, 0.1) is 0 Å². The van der Waals surface area contributed by atoms with E-state index in [1.807, 2.05) is 66.7 Å². The van der Waals surface area contributed by atoms with Crippen molar-refractivity contribution in [2.75, 3.05) is 19.6 Å². The molecule has 5 nitrogen and oxygen atoms in total. The van der Waals surface area contributed by atoms with E-state index in [1.54, 1.807) is 17.2 Å². The zero-order valence-electron chi connectivity index (χ0n) is 18.6. The standard InChI is InChI=1S/C27H30N2O3/c1-3-17-29(27(31)24-14-12-22(4-2)13-15-24)21-26(30)28(20-25-11-8-19-32-25)18-16-23-9-6-5-7-10-23/h3,5-15,19H,1,4,16-18,20-21H2,2H3. The van der Waals surface area contributed by atoms with E-state index in [0.29, 0.717) is 31.0 Å². The van der Waals surface area contributed by atoms with Crippen LogP contribution in [-0.4, -0.2) is 41.2 Å². The molecule has 0 N–H and O–H groups in total. The fraction of sp³-hybridized carbons (Fsp3) is 0.259. The lowest BCUT2D eigenvalue weighted by molar-refractivity contribution is -0.132. The van der Waals surface area contributed by atoms with Crippen LogP contribution in [0.4, 0.5) is 0 Å². The van der Waals surface area contributed by atoms with Crippen molar-refractivity contribution in [2.45, 2.75) is 26.3 Å². The van der Waals surface area contributed by atoms with Gasteiger partial charge in [0.15, 0.2) is 0 Å². The summed E-state index contributed by atoms with van der Waals surface area (Å²) in [6.07, 6.45) is 4.88. The van der Waals surface area contributed by atoms with Crippen molar-refractivity contribution in [3.8, 4) is 0 Å². The smallest absolute Gasteiger partial charge is 0.254 e. The summed E-state index contributed by atoms with van der Waals surface area (Å²) in [6, 6.07) is 21.2. The molecule has 0 unspecified atom stereocenters. The van der Waals surface area contributed by atoms with E-state index in [2.05, 4.69) is 13.5 Å². The molecule has 2 amide bonds. The first-order valence-corrected chi connectivity index (χ1v) is 10.9. The number of furan rings is 1. The van der Waals surface area contributed by atoms with Crippen molar-refractivity contribution in [3.63, 3.8) is 0 Å². The Labute approximate surface area is 190 Å². The number of carbonyl (C=O) groups is 2. The first-order chi connectivity index (χ1) is 15.6. The van der Waals surface area contributed by atoms with Crippen LogP contribution < -0.4 is 0 Å². The number of nitrogens with zero attached hydrogens (tertiary/aromatic N) is 2. The third-order valence-corrected chi connectivity index (χ3v) is 5.36. The van der Waals surface area contributed by atoms with E-state index >= 15 is 0 Å². The number of hydrogen-bond acceptors (Lipinski definition) is 3. The lowest BCUT2D eigenvalue weighted by atomic mass is 10.1. The van der Waals surface area contributed by atoms with E-state index in [9.17, 15) is 9.59 Å². The van der Waals surface area contributed by atoms with Gasteiger partial charge in [-0.1, -0.05) is 55.5 Å². The van der Waals surface area contributed by atoms with Crippen LogP contribution in [0.2, 0.25) is 0 Å². The van der Waals surface area contributed by atoms with Crippen molar-refractivity contribution >= 4 is 11.8 Å². The molecule has 2 aromatic carbocycles. The normalized spacial score (nSPS) is 10.5. The van der Waals surface area contributed by atoms with E-state index in [-0.39, 0.29) is 18.4 Å². The second kappa shape index (κ2) is 11.7. The topological polar surface area (TPSA) is 53.8 Å². The molecule has 0 atom stereocenters. The average molecular weight is 431 g/mol. The van der Waals surface area contributed by atoms with E-state index in [0.717, 1.165) is 18.4 Å². The highest BCUT2D eigenvalue weighted by Crippen LogP contribution is 2.12. The summed E-state index contributed by atoms with van der Waals surface area (Å²) in [4.78, 5) is 29.6. The van der Waals surface area contributed by atoms with Gasteiger partial charge in [0.2, 0.25) is 5.91 Å². The molecular formula is C27H30N2O3. The van der Waals surface area contributed by atoms with Gasteiger partial charge < -0.3 is 14.2 Å². The lowest BCUT2D eigenvalue weighted by Crippen LogP contribution is -2.43. The number of carbonyl (C=O) groups excluding carboxylic acids is 2. The van der Waals surface area contributed by atoms with Gasteiger partial charge in [0.05, 0.1) is 12.8 Å². The van der Waals surface area contributed by atoms with Crippen LogP contribution in [0.5, 0.6) is 0 Å². The Morgan fingerprint density at radius 1 is 0.938 bits per heavy atom. The lowest BCUT2D eigenvalue weighted by Gasteiger charge is -2.27. The van der Waals surface area contributed by atoms with Crippen LogP contribution in [-0.2, 0) is 24.2 Å². The summed E-state index contributed by atoms with van der Waals surface area (Å²) in [5.74, 6) is 0.405.